The molecule has 0 saturated carbocycles. The van der Waals surface area contributed by atoms with Crippen molar-refractivity contribution in [3.8, 4) is 0 Å². The Labute approximate surface area is 131 Å². The molecule has 0 bridgehead atoms. The first-order chi connectivity index (χ1) is 10.5. The average Bonchev–Trinajstić information content (AvgIpc) is 2.93. The van der Waals surface area contributed by atoms with Crippen LogP contribution in [0.1, 0.15) is 47.4 Å². The lowest BCUT2D eigenvalue weighted by atomic mass is 10.1. The summed E-state index contributed by atoms with van der Waals surface area (Å²) in [6, 6.07) is 6.89. The third-order valence-corrected chi connectivity index (χ3v) is 3.60. The molecule has 0 amide bonds. The van der Waals surface area contributed by atoms with E-state index >= 15 is 0 Å². The highest BCUT2D eigenvalue weighted by Gasteiger charge is 2.13. The lowest BCUT2D eigenvalue weighted by Crippen LogP contribution is -2.06. The largest absolute Gasteiger partial charge is 0.452 e. The van der Waals surface area contributed by atoms with Gasteiger partial charge in [0.25, 0.3) is 5.89 Å². The van der Waals surface area contributed by atoms with Crippen LogP contribution in [0.25, 0.3) is 0 Å². The molecule has 0 aliphatic carbocycles. The van der Waals surface area contributed by atoms with Gasteiger partial charge in [0.05, 0.1) is 5.56 Å². The van der Waals surface area contributed by atoms with E-state index in [0.29, 0.717) is 17.1 Å². The van der Waals surface area contributed by atoms with E-state index in [2.05, 4.69) is 10.1 Å². The van der Waals surface area contributed by atoms with Crippen molar-refractivity contribution >= 4 is 16.8 Å². The van der Waals surface area contributed by atoms with Crippen LogP contribution in [0.15, 0.2) is 28.8 Å². The molecule has 2 rings (SSSR count). The van der Waals surface area contributed by atoms with Crippen LogP contribution in [0.3, 0.4) is 0 Å². The normalized spacial score (nSPS) is 12.4. The molecular weight excluding hydrogens is 304 g/mol. The maximum Gasteiger partial charge on any atom is 0.338 e. The minimum absolute atomic E-state index is 0.0670. The van der Waals surface area contributed by atoms with E-state index in [1.54, 1.807) is 24.5 Å². The highest BCUT2D eigenvalue weighted by atomic mass is 32.2. The highest BCUT2D eigenvalue weighted by molar-refractivity contribution is 7.83. The van der Waals surface area contributed by atoms with Crippen LogP contribution < -0.4 is 0 Å². The zero-order valence-corrected chi connectivity index (χ0v) is 13.6. The second-order valence-electron chi connectivity index (χ2n) is 5.20. The second kappa shape index (κ2) is 7.31. The van der Waals surface area contributed by atoms with Gasteiger partial charge >= 0.3 is 5.97 Å². The number of carbonyl (C=O) groups excluding carboxylic acids is 1. The van der Waals surface area contributed by atoms with Crippen molar-refractivity contribution in [2.45, 2.75) is 32.1 Å². The van der Waals surface area contributed by atoms with Gasteiger partial charge < -0.3 is 9.26 Å². The van der Waals surface area contributed by atoms with Gasteiger partial charge in [0, 0.05) is 28.7 Å². The number of carbonyl (C=O) groups is 1. The smallest absolute Gasteiger partial charge is 0.338 e. The minimum Gasteiger partial charge on any atom is -0.452 e. The summed E-state index contributed by atoms with van der Waals surface area (Å²) < 4.78 is 21.4. The molecule has 0 saturated heterocycles. The molecule has 118 valence electrons. The first-order valence-electron chi connectivity index (χ1n) is 6.84. The fourth-order valence-corrected chi connectivity index (χ4v) is 2.44. The number of hydrogen-bond acceptors (Lipinski definition) is 6. The lowest BCUT2D eigenvalue weighted by molar-refractivity contribution is 0.0429. The maximum absolute atomic E-state index is 12.0. The Bertz CT molecular complexity index is 682. The number of benzene rings is 1. The molecule has 0 fully saturated rings. The van der Waals surface area contributed by atoms with E-state index in [0.717, 1.165) is 5.56 Å². The molecule has 1 aromatic heterocycles. The molecule has 0 N–H and O–H groups in total. The van der Waals surface area contributed by atoms with Crippen LogP contribution in [0.2, 0.25) is 0 Å². The fourth-order valence-electron chi connectivity index (χ4n) is 1.79. The quantitative estimate of drug-likeness (QED) is 0.760. The predicted molar refractivity (Wildman–Crippen MR) is 81.7 cm³/mol. The summed E-state index contributed by atoms with van der Waals surface area (Å²) >= 11 is 0. The summed E-state index contributed by atoms with van der Waals surface area (Å²) in [5, 5.41) is 3.80. The summed E-state index contributed by atoms with van der Waals surface area (Å²) in [6.45, 7) is 3.83. The van der Waals surface area contributed by atoms with Gasteiger partial charge in [0.2, 0.25) is 0 Å². The molecule has 0 aliphatic heterocycles. The summed E-state index contributed by atoms with van der Waals surface area (Å²) in [5.41, 5.74) is 1.24. The van der Waals surface area contributed by atoms with E-state index < -0.39 is 16.8 Å². The number of nitrogens with zero attached hydrogens (tertiary/aromatic N) is 2. The minimum atomic E-state index is -0.959. The van der Waals surface area contributed by atoms with Gasteiger partial charge in [-0.25, -0.2) is 4.79 Å². The molecule has 6 nitrogen and oxygen atoms in total. The van der Waals surface area contributed by atoms with E-state index in [-0.39, 0.29) is 18.4 Å². The Morgan fingerprint density at radius 2 is 2.18 bits per heavy atom. The van der Waals surface area contributed by atoms with Crippen LogP contribution in [0, 0.1) is 0 Å². The zero-order valence-electron chi connectivity index (χ0n) is 12.7. The van der Waals surface area contributed by atoms with Crippen molar-refractivity contribution in [1.29, 1.82) is 0 Å². The van der Waals surface area contributed by atoms with Crippen molar-refractivity contribution in [2.24, 2.45) is 0 Å². The third kappa shape index (κ3) is 4.49. The maximum atomic E-state index is 12.0. The third-order valence-electron chi connectivity index (χ3n) is 2.86. The summed E-state index contributed by atoms with van der Waals surface area (Å²) in [7, 11) is -0.959. The van der Waals surface area contributed by atoms with Gasteiger partial charge in [0.15, 0.2) is 12.4 Å². The highest BCUT2D eigenvalue weighted by Crippen LogP contribution is 2.12. The molecule has 22 heavy (non-hydrogen) atoms. The zero-order chi connectivity index (χ0) is 16.1. The van der Waals surface area contributed by atoms with Crippen LogP contribution in [-0.4, -0.2) is 26.6 Å². The van der Waals surface area contributed by atoms with Crippen LogP contribution in [0.5, 0.6) is 0 Å². The molecule has 0 aliphatic rings. The van der Waals surface area contributed by atoms with Crippen molar-refractivity contribution in [2.75, 3.05) is 6.26 Å². The number of esters is 1. The van der Waals surface area contributed by atoms with Gasteiger partial charge in [-0.3, -0.25) is 4.21 Å². The number of aromatic nitrogens is 2. The van der Waals surface area contributed by atoms with Gasteiger partial charge in [-0.2, -0.15) is 4.98 Å². The van der Waals surface area contributed by atoms with E-state index in [1.165, 1.54) is 0 Å². The summed E-state index contributed by atoms with van der Waals surface area (Å²) in [4.78, 5) is 16.1. The molecule has 1 aromatic carbocycles. The van der Waals surface area contributed by atoms with Gasteiger partial charge in [-0.1, -0.05) is 31.1 Å². The van der Waals surface area contributed by atoms with Crippen molar-refractivity contribution in [3.05, 3.63) is 47.1 Å². The van der Waals surface area contributed by atoms with Crippen LogP contribution in [-0.2, 0) is 27.9 Å². The molecule has 1 atom stereocenters. The SMILES string of the molecule is CC(C)c1noc(COC(=O)c2cccc(CS(C)=O)c2)n1. The van der Waals surface area contributed by atoms with Gasteiger partial charge in [0.1, 0.15) is 0 Å². The molecule has 0 spiro atoms. The second-order valence-corrected chi connectivity index (χ2v) is 6.63. The van der Waals surface area contributed by atoms with E-state index in [1.807, 2.05) is 19.9 Å². The Morgan fingerprint density at radius 1 is 1.41 bits per heavy atom. The molecule has 1 heterocycles. The Hall–Kier alpha value is -2.02. The van der Waals surface area contributed by atoms with E-state index in [9.17, 15) is 9.00 Å². The van der Waals surface area contributed by atoms with Crippen LogP contribution >= 0.6 is 0 Å². The monoisotopic (exact) mass is 322 g/mol. The van der Waals surface area contributed by atoms with E-state index in [4.69, 9.17) is 9.26 Å². The molecule has 7 heteroatoms. The van der Waals surface area contributed by atoms with Crippen LogP contribution in [0.4, 0.5) is 0 Å². The Balaban J connectivity index is 1.98. The molecule has 0 radical (unpaired) electrons. The average molecular weight is 322 g/mol. The molecule has 1 unspecified atom stereocenters. The Kier molecular flexibility index (Phi) is 5.43. The lowest BCUT2D eigenvalue weighted by Gasteiger charge is -2.04. The topological polar surface area (TPSA) is 82.3 Å². The molecule has 2 aromatic rings. The summed E-state index contributed by atoms with van der Waals surface area (Å²) in [6.07, 6.45) is 1.62. The fraction of sp³-hybridized carbons (Fsp3) is 0.400. The molecular formula is C15H18N2O4S. The number of rotatable bonds is 6. The predicted octanol–water partition coefficient (Wildman–Crippen LogP) is 2.43. The van der Waals surface area contributed by atoms with Crippen molar-refractivity contribution in [1.82, 2.24) is 10.1 Å². The summed E-state index contributed by atoms with van der Waals surface area (Å²) in [5.74, 6) is 0.928. The first kappa shape index (κ1) is 16.4. The number of hydrogen-bond donors (Lipinski definition) is 0. The first-order valence-corrected chi connectivity index (χ1v) is 8.57. The standard InChI is InChI=1S/C15H18N2O4S/c1-10(2)14-16-13(21-17-14)8-20-15(18)12-6-4-5-11(7-12)9-22(3)19/h4-7,10H,8-9H2,1-3H3. The Morgan fingerprint density at radius 3 is 2.82 bits per heavy atom. The van der Waals surface area contributed by atoms with Crippen molar-refractivity contribution in [3.63, 3.8) is 0 Å². The van der Waals surface area contributed by atoms with Gasteiger partial charge in [-0.15, -0.1) is 0 Å². The van der Waals surface area contributed by atoms with Crippen molar-refractivity contribution < 1.29 is 18.3 Å². The van der Waals surface area contributed by atoms with Gasteiger partial charge in [-0.05, 0) is 17.7 Å². The number of ether oxygens (including phenoxy) is 1.